The molecule has 3 heteroatoms. The number of allylic oxidation sites excluding steroid dienone is 2. The van der Waals surface area contributed by atoms with Crippen LogP contribution in [0.3, 0.4) is 0 Å². The second-order valence-corrected chi connectivity index (χ2v) is 5.37. The summed E-state index contributed by atoms with van der Waals surface area (Å²) in [6.07, 6.45) is 4.22. The normalized spacial score (nSPS) is 11.9. The summed E-state index contributed by atoms with van der Waals surface area (Å²) in [4.78, 5) is 9.28. The highest BCUT2D eigenvalue weighted by Gasteiger charge is 2.18. The van der Waals surface area contributed by atoms with Gasteiger partial charge in [-0.3, -0.25) is 0 Å². The minimum Gasteiger partial charge on any atom is -0.250 e. The second kappa shape index (κ2) is 5.19. The first-order chi connectivity index (χ1) is 9.02. The lowest BCUT2D eigenvalue weighted by Gasteiger charge is -2.20. The van der Waals surface area contributed by atoms with E-state index in [2.05, 4.69) is 23.8 Å². The van der Waals surface area contributed by atoms with Gasteiger partial charge in [0.05, 0.1) is 28.5 Å². The molecule has 0 radical (unpaired) electrons. The van der Waals surface area contributed by atoms with Gasteiger partial charge >= 0.3 is 0 Å². The highest BCUT2D eigenvalue weighted by atomic mass is 14.8. The van der Waals surface area contributed by atoms with Crippen LogP contribution in [-0.2, 0) is 6.42 Å². The molecule has 0 aliphatic heterocycles. The largest absolute Gasteiger partial charge is 0.250 e. The van der Waals surface area contributed by atoms with E-state index in [9.17, 15) is 0 Å². The third-order valence-electron chi connectivity index (χ3n) is 3.08. The van der Waals surface area contributed by atoms with Crippen molar-refractivity contribution in [1.29, 1.82) is 5.26 Å². The second-order valence-electron chi connectivity index (χ2n) is 5.37. The molecule has 0 spiro atoms. The van der Waals surface area contributed by atoms with E-state index in [1.54, 1.807) is 0 Å². The van der Waals surface area contributed by atoms with Crippen LogP contribution in [0.2, 0.25) is 0 Å². The first kappa shape index (κ1) is 13.2. The van der Waals surface area contributed by atoms with E-state index in [4.69, 9.17) is 5.26 Å². The number of aromatic nitrogens is 2. The Kier molecular flexibility index (Phi) is 3.62. The van der Waals surface area contributed by atoms with Crippen LogP contribution in [0.1, 0.15) is 25.2 Å². The molecule has 2 aromatic rings. The van der Waals surface area contributed by atoms with Gasteiger partial charge < -0.3 is 0 Å². The van der Waals surface area contributed by atoms with Crippen LogP contribution in [-0.4, -0.2) is 9.97 Å². The summed E-state index contributed by atoms with van der Waals surface area (Å²) in [6.45, 7) is 6.17. The summed E-state index contributed by atoms with van der Waals surface area (Å²) in [7, 11) is 0. The van der Waals surface area contributed by atoms with Crippen LogP contribution in [0.25, 0.3) is 11.0 Å². The molecular formula is C16H17N3. The smallest absolute Gasteiger partial charge is 0.0908 e. The van der Waals surface area contributed by atoms with Crippen molar-refractivity contribution in [2.45, 2.75) is 27.2 Å². The molecule has 0 fully saturated rings. The molecule has 0 saturated carbocycles. The number of aryl methyl sites for hydroxylation is 1. The molecule has 2 rings (SSSR count). The van der Waals surface area contributed by atoms with Gasteiger partial charge in [-0.1, -0.05) is 32.1 Å². The van der Waals surface area contributed by atoms with Crippen molar-refractivity contribution in [2.24, 2.45) is 5.41 Å². The Bertz CT molecular complexity index is 663. The van der Waals surface area contributed by atoms with E-state index < -0.39 is 0 Å². The van der Waals surface area contributed by atoms with E-state index in [0.717, 1.165) is 28.8 Å². The van der Waals surface area contributed by atoms with Crippen LogP contribution in [0.4, 0.5) is 0 Å². The van der Waals surface area contributed by atoms with Crippen LogP contribution >= 0.6 is 0 Å². The number of para-hydroxylation sites is 2. The highest BCUT2D eigenvalue weighted by Crippen LogP contribution is 2.24. The van der Waals surface area contributed by atoms with Crippen LogP contribution < -0.4 is 0 Å². The Morgan fingerprint density at radius 2 is 1.84 bits per heavy atom. The fourth-order valence-electron chi connectivity index (χ4n) is 2.05. The zero-order chi connectivity index (χ0) is 13.9. The summed E-state index contributed by atoms with van der Waals surface area (Å²) >= 11 is 0. The highest BCUT2D eigenvalue weighted by molar-refractivity contribution is 5.74. The Labute approximate surface area is 113 Å². The van der Waals surface area contributed by atoms with Gasteiger partial charge in [0.1, 0.15) is 0 Å². The summed E-state index contributed by atoms with van der Waals surface area (Å²) < 4.78 is 0. The standard InChI is InChI=1S/C16H17N3/c1-12-15(11-16(2,3)9-6-10-17)19-14-8-5-4-7-13(14)18-12/h4-9H,11H2,1-3H3/b9-6+. The van der Waals surface area contributed by atoms with Crippen LogP contribution in [0.5, 0.6) is 0 Å². The lowest BCUT2D eigenvalue weighted by molar-refractivity contribution is 0.470. The molecule has 3 nitrogen and oxygen atoms in total. The van der Waals surface area contributed by atoms with Crippen molar-refractivity contribution in [1.82, 2.24) is 9.97 Å². The van der Waals surface area contributed by atoms with Crippen molar-refractivity contribution in [3.05, 3.63) is 47.8 Å². The first-order valence-electron chi connectivity index (χ1n) is 6.31. The number of rotatable bonds is 3. The molecule has 1 aromatic heterocycles. The number of hydrogen-bond donors (Lipinski definition) is 0. The zero-order valence-corrected chi connectivity index (χ0v) is 11.5. The molecule has 96 valence electrons. The third kappa shape index (κ3) is 3.17. The Morgan fingerprint density at radius 1 is 1.21 bits per heavy atom. The van der Waals surface area contributed by atoms with Crippen molar-refractivity contribution < 1.29 is 0 Å². The Hall–Kier alpha value is -2.21. The number of fused-ring (bicyclic) bond motifs is 1. The quantitative estimate of drug-likeness (QED) is 0.783. The van der Waals surface area contributed by atoms with E-state index in [0.29, 0.717) is 0 Å². The minimum atomic E-state index is -0.0996. The molecule has 1 aromatic carbocycles. The summed E-state index contributed by atoms with van der Waals surface area (Å²) in [6, 6.07) is 9.92. The van der Waals surface area contributed by atoms with Crippen molar-refractivity contribution in [3.8, 4) is 6.07 Å². The van der Waals surface area contributed by atoms with Crippen molar-refractivity contribution in [3.63, 3.8) is 0 Å². The maximum absolute atomic E-state index is 8.63. The molecule has 0 atom stereocenters. The van der Waals surface area contributed by atoms with Gasteiger partial charge in [-0.25, -0.2) is 9.97 Å². The molecule has 0 aliphatic rings. The molecule has 1 heterocycles. The predicted molar refractivity (Wildman–Crippen MR) is 76.5 cm³/mol. The van der Waals surface area contributed by atoms with E-state index >= 15 is 0 Å². The molecule has 19 heavy (non-hydrogen) atoms. The summed E-state index contributed by atoms with van der Waals surface area (Å²) in [5.74, 6) is 0. The fraction of sp³-hybridized carbons (Fsp3) is 0.312. The minimum absolute atomic E-state index is 0.0996. The Morgan fingerprint density at radius 3 is 2.47 bits per heavy atom. The molecule has 0 unspecified atom stereocenters. The molecule has 0 bridgehead atoms. The van der Waals surface area contributed by atoms with Gasteiger partial charge in [0.2, 0.25) is 0 Å². The van der Waals surface area contributed by atoms with E-state index in [-0.39, 0.29) is 5.41 Å². The number of benzene rings is 1. The molecule has 0 amide bonds. The van der Waals surface area contributed by atoms with Crippen molar-refractivity contribution >= 4 is 11.0 Å². The van der Waals surface area contributed by atoms with E-state index in [1.165, 1.54) is 6.08 Å². The third-order valence-corrected chi connectivity index (χ3v) is 3.08. The van der Waals surface area contributed by atoms with Crippen molar-refractivity contribution in [2.75, 3.05) is 0 Å². The van der Waals surface area contributed by atoms with Gasteiger partial charge in [0.15, 0.2) is 0 Å². The van der Waals surface area contributed by atoms with Gasteiger partial charge in [-0.15, -0.1) is 0 Å². The maximum atomic E-state index is 8.63. The average molecular weight is 251 g/mol. The molecule has 0 aliphatic carbocycles. The number of hydrogen-bond acceptors (Lipinski definition) is 3. The van der Waals surface area contributed by atoms with Gasteiger partial charge in [-0.2, -0.15) is 5.26 Å². The lowest BCUT2D eigenvalue weighted by atomic mass is 9.87. The SMILES string of the molecule is Cc1nc2ccccc2nc1CC(C)(C)/C=C/C#N. The monoisotopic (exact) mass is 251 g/mol. The Balaban J connectivity index is 2.38. The van der Waals surface area contributed by atoms with Crippen LogP contribution in [0, 0.1) is 23.7 Å². The van der Waals surface area contributed by atoms with Crippen LogP contribution in [0.15, 0.2) is 36.4 Å². The summed E-state index contributed by atoms with van der Waals surface area (Å²) in [5, 5.41) is 8.63. The first-order valence-corrected chi connectivity index (χ1v) is 6.31. The van der Waals surface area contributed by atoms with Gasteiger partial charge in [0.25, 0.3) is 0 Å². The zero-order valence-electron chi connectivity index (χ0n) is 11.5. The number of nitrogens with zero attached hydrogens (tertiary/aromatic N) is 3. The number of nitriles is 1. The van der Waals surface area contributed by atoms with Gasteiger partial charge in [-0.05, 0) is 24.5 Å². The molecular weight excluding hydrogens is 234 g/mol. The lowest BCUT2D eigenvalue weighted by Crippen LogP contribution is -2.14. The molecule has 0 N–H and O–H groups in total. The topological polar surface area (TPSA) is 49.6 Å². The van der Waals surface area contributed by atoms with Gasteiger partial charge in [0, 0.05) is 12.5 Å². The van der Waals surface area contributed by atoms with E-state index in [1.807, 2.05) is 43.3 Å². The molecule has 0 saturated heterocycles. The maximum Gasteiger partial charge on any atom is 0.0908 e. The fourth-order valence-corrected chi connectivity index (χ4v) is 2.05. The summed E-state index contributed by atoms with van der Waals surface area (Å²) in [5.41, 5.74) is 3.69. The predicted octanol–water partition coefficient (Wildman–Crippen LogP) is 3.59. The average Bonchev–Trinajstić information content (AvgIpc) is 2.37.